The van der Waals surface area contributed by atoms with E-state index in [0.29, 0.717) is 11.3 Å². The van der Waals surface area contributed by atoms with Crippen molar-refractivity contribution in [1.29, 1.82) is 0 Å². The summed E-state index contributed by atoms with van der Waals surface area (Å²) in [4.78, 5) is 0. The van der Waals surface area contributed by atoms with Gasteiger partial charge in [0.15, 0.2) is 0 Å². The molecule has 1 aromatic carbocycles. The van der Waals surface area contributed by atoms with E-state index >= 15 is 0 Å². The number of nitrogens with zero attached hydrogens (tertiary/aromatic N) is 2. The van der Waals surface area contributed by atoms with Crippen molar-refractivity contribution in [3.05, 3.63) is 42.1 Å². The molecule has 1 aromatic heterocycles. The lowest BCUT2D eigenvalue weighted by atomic mass is 9.80. The zero-order chi connectivity index (χ0) is 13.5. The van der Waals surface area contributed by atoms with E-state index in [0.717, 1.165) is 17.2 Å². The Morgan fingerprint density at radius 3 is 2.63 bits per heavy atom. The maximum absolute atomic E-state index is 6.13. The number of aromatic nitrogens is 2. The van der Waals surface area contributed by atoms with Crippen LogP contribution in [0.3, 0.4) is 0 Å². The average Bonchev–Trinajstić information content (AvgIpc) is 2.93. The normalized spacial score (nSPS) is 21.7. The summed E-state index contributed by atoms with van der Waals surface area (Å²) in [6.07, 6.45) is 3.78. The molecule has 0 amide bonds. The summed E-state index contributed by atoms with van der Waals surface area (Å²) in [6, 6.07) is 12.1. The molecule has 3 heteroatoms. The molecule has 0 spiro atoms. The molecule has 1 atom stereocenters. The maximum atomic E-state index is 6.13. The summed E-state index contributed by atoms with van der Waals surface area (Å²) in [5.74, 6) is 1.25. The first-order chi connectivity index (χ1) is 9.08. The quantitative estimate of drug-likeness (QED) is 0.888. The number of benzene rings is 1. The highest BCUT2D eigenvalue weighted by atomic mass is 15.3. The largest absolute Gasteiger partial charge is 0.384 e. The van der Waals surface area contributed by atoms with Crippen LogP contribution in [0.4, 0.5) is 5.82 Å². The van der Waals surface area contributed by atoms with Crippen molar-refractivity contribution in [3.63, 3.8) is 0 Å². The van der Waals surface area contributed by atoms with Crippen LogP contribution < -0.4 is 5.73 Å². The summed E-state index contributed by atoms with van der Waals surface area (Å²) in [6.45, 7) is 4.67. The summed E-state index contributed by atoms with van der Waals surface area (Å²) in [5.41, 5.74) is 8.64. The van der Waals surface area contributed by atoms with Gasteiger partial charge in [-0.15, -0.1) is 0 Å². The summed E-state index contributed by atoms with van der Waals surface area (Å²) in [7, 11) is 0. The van der Waals surface area contributed by atoms with Crippen LogP contribution in [0.5, 0.6) is 0 Å². The van der Waals surface area contributed by atoms with E-state index < -0.39 is 0 Å². The second-order valence-electron chi connectivity index (χ2n) is 6.17. The lowest BCUT2D eigenvalue weighted by Crippen LogP contribution is -2.16. The van der Waals surface area contributed by atoms with Gasteiger partial charge in [0, 0.05) is 12.0 Å². The Kier molecular flexibility index (Phi) is 2.85. The smallest absolute Gasteiger partial charge is 0.127 e. The van der Waals surface area contributed by atoms with Gasteiger partial charge in [-0.3, -0.25) is 0 Å². The van der Waals surface area contributed by atoms with Gasteiger partial charge in [-0.2, -0.15) is 5.10 Å². The first kappa shape index (κ1) is 12.3. The molecule has 3 nitrogen and oxygen atoms in total. The molecule has 3 rings (SSSR count). The van der Waals surface area contributed by atoms with E-state index in [-0.39, 0.29) is 0 Å². The molecule has 1 aliphatic rings. The van der Waals surface area contributed by atoms with Crippen molar-refractivity contribution >= 4 is 5.82 Å². The number of hydrogen-bond donors (Lipinski definition) is 1. The van der Waals surface area contributed by atoms with Crippen LogP contribution in [0.25, 0.3) is 5.69 Å². The Morgan fingerprint density at radius 2 is 2.00 bits per heavy atom. The molecule has 100 valence electrons. The maximum Gasteiger partial charge on any atom is 0.127 e. The molecule has 19 heavy (non-hydrogen) atoms. The van der Waals surface area contributed by atoms with Crippen molar-refractivity contribution in [3.8, 4) is 5.69 Å². The van der Waals surface area contributed by atoms with Crippen molar-refractivity contribution in [2.24, 2.45) is 5.41 Å². The lowest BCUT2D eigenvalue weighted by Gasteiger charge is -2.25. The lowest BCUT2D eigenvalue weighted by molar-refractivity contribution is 0.326. The van der Waals surface area contributed by atoms with Gasteiger partial charge >= 0.3 is 0 Å². The molecule has 2 aromatic rings. The fourth-order valence-electron chi connectivity index (χ4n) is 3.24. The zero-order valence-corrected chi connectivity index (χ0v) is 11.6. The highest BCUT2D eigenvalue weighted by molar-refractivity contribution is 5.43. The molecule has 1 aliphatic carbocycles. The first-order valence-corrected chi connectivity index (χ1v) is 6.99. The predicted octanol–water partition coefficient (Wildman–Crippen LogP) is 3.75. The third-order valence-electron chi connectivity index (χ3n) is 4.37. The molecule has 0 saturated heterocycles. The number of nitrogens with two attached hydrogens (primary N) is 1. The Labute approximate surface area is 114 Å². The average molecular weight is 255 g/mol. The number of hydrogen-bond acceptors (Lipinski definition) is 2. The number of rotatable bonds is 2. The third-order valence-corrected chi connectivity index (χ3v) is 4.37. The first-order valence-electron chi connectivity index (χ1n) is 6.99. The Hall–Kier alpha value is -1.77. The third kappa shape index (κ3) is 2.14. The number of nitrogen functional groups attached to an aromatic ring is 1. The standard InChI is InChI=1S/C16H21N3/c1-16(2)10-6-9-13(16)14-11-15(17)19(18-14)12-7-4-3-5-8-12/h3-5,7-8,11,13H,6,9-10,17H2,1-2H3. The summed E-state index contributed by atoms with van der Waals surface area (Å²) < 4.78 is 1.85. The van der Waals surface area contributed by atoms with Crippen molar-refractivity contribution in [1.82, 2.24) is 9.78 Å². The zero-order valence-electron chi connectivity index (χ0n) is 11.6. The van der Waals surface area contributed by atoms with Crippen molar-refractivity contribution in [2.75, 3.05) is 5.73 Å². The predicted molar refractivity (Wildman–Crippen MR) is 78.3 cm³/mol. The van der Waals surface area contributed by atoms with Gasteiger partial charge in [0.05, 0.1) is 11.4 Å². The van der Waals surface area contributed by atoms with E-state index in [1.54, 1.807) is 0 Å². The molecule has 2 N–H and O–H groups in total. The highest BCUT2D eigenvalue weighted by Gasteiger charge is 2.37. The molecule has 1 heterocycles. The minimum Gasteiger partial charge on any atom is -0.384 e. The highest BCUT2D eigenvalue weighted by Crippen LogP contribution is 2.48. The Balaban J connectivity index is 1.98. The van der Waals surface area contributed by atoms with Crippen LogP contribution in [0.1, 0.15) is 44.7 Å². The van der Waals surface area contributed by atoms with Crippen LogP contribution in [0.15, 0.2) is 36.4 Å². The van der Waals surface area contributed by atoms with Gasteiger partial charge in [0.25, 0.3) is 0 Å². The monoisotopic (exact) mass is 255 g/mol. The van der Waals surface area contributed by atoms with E-state index in [4.69, 9.17) is 10.8 Å². The summed E-state index contributed by atoms with van der Waals surface area (Å²) in [5, 5.41) is 4.75. The van der Waals surface area contributed by atoms with E-state index in [1.807, 2.05) is 41.1 Å². The van der Waals surface area contributed by atoms with Crippen LogP contribution >= 0.6 is 0 Å². The van der Waals surface area contributed by atoms with Gasteiger partial charge < -0.3 is 5.73 Å². The molecule has 0 bridgehead atoms. The molecule has 0 aliphatic heterocycles. The van der Waals surface area contributed by atoms with Crippen LogP contribution in [0, 0.1) is 5.41 Å². The van der Waals surface area contributed by atoms with Crippen LogP contribution in [0.2, 0.25) is 0 Å². The molecule has 1 unspecified atom stereocenters. The topological polar surface area (TPSA) is 43.8 Å². The van der Waals surface area contributed by atoms with Crippen molar-refractivity contribution in [2.45, 2.75) is 39.0 Å². The fourth-order valence-corrected chi connectivity index (χ4v) is 3.24. The number of para-hydroxylation sites is 1. The van der Waals surface area contributed by atoms with E-state index in [9.17, 15) is 0 Å². The van der Waals surface area contributed by atoms with Crippen LogP contribution in [-0.4, -0.2) is 9.78 Å². The molecular formula is C16H21N3. The summed E-state index contributed by atoms with van der Waals surface area (Å²) >= 11 is 0. The molecule has 0 radical (unpaired) electrons. The van der Waals surface area contributed by atoms with E-state index in [2.05, 4.69) is 13.8 Å². The van der Waals surface area contributed by atoms with Gasteiger partial charge in [-0.25, -0.2) is 4.68 Å². The van der Waals surface area contributed by atoms with Crippen LogP contribution in [-0.2, 0) is 0 Å². The van der Waals surface area contributed by atoms with Gasteiger partial charge in [-0.05, 0) is 30.4 Å². The Bertz CT molecular complexity index is 569. The van der Waals surface area contributed by atoms with Gasteiger partial charge in [-0.1, -0.05) is 38.5 Å². The minimum atomic E-state index is 0.336. The molecule has 1 saturated carbocycles. The van der Waals surface area contributed by atoms with Crippen molar-refractivity contribution < 1.29 is 0 Å². The number of anilines is 1. The molecule has 1 fully saturated rings. The molecular weight excluding hydrogens is 234 g/mol. The second kappa shape index (κ2) is 4.41. The van der Waals surface area contributed by atoms with E-state index in [1.165, 1.54) is 19.3 Å². The second-order valence-corrected chi connectivity index (χ2v) is 6.17. The fraction of sp³-hybridized carbons (Fsp3) is 0.438. The SMILES string of the molecule is CC1(C)CCCC1c1cc(N)n(-c2ccccc2)n1. The van der Waals surface area contributed by atoms with Gasteiger partial charge in [0.2, 0.25) is 0 Å². The van der Waals surface area contributed by atoms with Gasteiger partial charge in [0.1, 0.15) is 5.82 Å². The minimum absolute atomic E-state index is 0.336. The Morgan fingerprint density at radius 1 is 1.26 bits per heavy atom.